The van der Waals surface area contributed by atoms with Crippen molar-refractivity contribution in [2.45, 2.75) is 13.0 Å². The SMILES string of the molecule is COC(=O)C1=c2c3cccc4cccc(c(=O)n2CC1)c43. The molecular weight excluding hydrogens is 266 g/mol. The van der Waals surface area contributed by atoms with E-state index in [0.717, 1.165) is 21.5 Å². The molecule has 2 aromatic carbocycles. The normalized spacial score (nSPS) is 13.9. The minimum atomic E-state index is -0.350. The fourth-order valence-electron chi connectivity index (χ4n) is 3.31. The van der Waals surface area contributed by atoms with Gasteiger partial charge in [0.25, 0.3) is 5.56 Å². The van der Waals surface area contributed by atoms with Crippen LogP contribution in [-0.4, -0.2) is 17.6 Å². The van der Waals surface area contributed by atoms with Gasteiger partial charge >= 0.3 is 5.97 Å². The Morgan fingerprint density at radius 2 is 1.86 bits per heavy atom. The van der Waals surface area contributed by atoms with Gasteiger partial charge < -0.3 is 9.30 Å². The number of fused-ring (bicyclic) bond motifs is 2. The Bertz CT molecular complexity index is 1010. The first-order chi connectivity index (χ1) is 10.2. The van der Waals surface area contributed by atoms with E-state index in [2.05, 4.69) is 0 Å². The van der Waals surface area contributed by atoms with Gasteiger partial charge in [-0.3, -0.25) is 4.79 Å². The number of carbonyl (C=O) groups excluding carboxylic acids is 1. The van der Waals surface area contributed by atoms with Gasteiger partial charge in [0, 0.05) is 22.7 Å². The van der Waals surface area contributed by atoms with E-state index in [0.29, 0.717) is 23.9 Å². The van der Waals surface area contributed by atoms with Crippen LogP contribution in [0.25, 0.3) is 27.1 Å². The first-order valence-electron chi connectivity index (χ1n) is 6.88. The maximum absolute atomic E-state index is 12.7. The van der Waals surface area contributed by atoms with Crippen LogP contribution < -0.4 is 10.9 Å². The summed E-state index contributed by atoms with van der Waals surface area (Å²) in [5.41, 5.74) is 0.557. The average molecular weight is 279 g/mol. The number of carbonyl (C=O) groups is 1. The summed E-state index contributed by atoms with van der Waals surface area (Å²) in [4.78, 5) is 24.7. The van der Waals surface area contributed by atoms with Crippen molar-refractivity contribution < 1.29 is 9.53 Å². The molecule has 4 rings (SSSR count). The van der Waals surface area contributed by atoms with Crippen molar-refractivity contribution in [3.63, 3.8) is 0 Å². The molecule has 0 saturated carbocycles. The molecule has 4 nitrogen and oxygen atoms in total. The topological polar surface area (TPSA) is 48.3 Å². The summed E-state index contributed by atoms with van der Waals surface area (Å²) >= 11 is 0. The molecule has 4 heteroatoms. The molecule has 0 amide bonds. The predicted molar refractivity (Wildman–Crippen MR) is 81.0 cm³/mol. The highest BCUT2D eigenvalue weighted by molar-refractivity contribution is 6.15. The van der Waals surface area contributed by atoms with Crippen LogP contribution in [0.15, 0.2) is 41.2 Å². The molecular formula is C17H13NO3. The van der Waals surface area contributed by atoms with Crippen molar-refractivity contribution in [3.05, 3.63) is 52.1 Å². The third-order valence-corrected chi connectivity index (χ3v) is 4.21. The van der Waals surface area contributed by atoms with Gasteiger partial charge in [0.1, 0.15) is 0 Å². The molecule has 0 aliphatic carbocycles. The number of ether oxygens (including phenoxy) is 1. The van der Waals surface area contributed by atoms with Crippen LogP contribution in [-0.2, 0) is 16.1 Å². The molecule has 3 aromatic rings. The van der Waals surface area contributed by atoms with Crippen molar-refractivity contribution >= 4 is 33.1 Å². The van der Waals surface area contributed by atoms with E-state index in [1.165, 1.54) is 7.11 Å². The molecule has 0 fully saturated rings. The number of benzene rings is 2. The number of esters is 1. The van der Waals surface area contributed by atoms with E-state index in [9.17, 15) is 9.59 Å². The van der Waals surface area contributed by atoms with Gasteiger partial charge in [-0.1, -0.05) is 30.3 Å². The van der Waals surface area contributed by atoms with E-state index in [1.807, 2.05) is 36.4 Å². The van der Waals surface area contributed by atoms with E-state index < -0.39 is 0 Å². The van der Waals surface area contributed by atoms with Crippen molar-refractivity contribution in [2.75, 3.05) is 7.11 Å². The molecule has 0 saturated heterocycles. The molecule has 0 N–H and O–H groups in total. The zero-order valence-electron chi connectivity index (χ0n) is 11.6. The third-order valence-electron chi connectivity index (χ3n) is 4.21. The quantitative estimate of drug-likeness (QED) is 0.636. The summed E-state index contributed by atoms with van der Waals surface area (Å²) in [6.07, 6.45) is 0.540. The lowest BCUT2D eigenvalue weighted by Crippen LogP contribution is -2.31. The first kappa shape index (κ1) is 12.1. The predicted octanol–water partition coefficient (Wildman–Crippen LogP) is 1.60. The van der Waals surface area contributed by atoms with Crippen LogP contribution in [0.3, 0.4) is 0 Å². The average Bonchev–Trinajstić information content (AvgIpc) is 2.97. The summed E-state index contributed by atoms with van der Waals surface area (Å²) < 4.78 is 6.57. The zero-order chi connectivity index (χ0) is 14.6. The van der Waals surface area contributed by atoms with Crippen molar-refractivity contribution in [1.82, 2.24) is 4.57 Å². The van der Waals surface area contributed by atoms with E-state index >= 15 is 0 Å². The molecule has 0 unspecified atom stereocenters. The standard InChI is InChI=1S/C17H13NO3/c1-21-17(20)13-8-9-18-15(13)11-6-2-4-10-5-3-7-12(14(10)11)16(18)19/h2-7H,8-9H2,1H3. The molecule has 1 aliphatic heterocycles. The molecule has 0 radical (unpaired) electrons. The number of pyridine rings is 1. The second-order valence-corrected chi connectivity index (χ2v) is 5.23. The monoisotopic (exact) mass is 279 g/mol. The number of aromatic nitrogens is 1. The smallest absolute Gasteiger partial charge is 0.335 e. The van der Waals surface area contributed by atoms with E-state index in [4.69, 9.17) is 4.74 Å². The summed E-state index contributed by atoms with van der Waals surface area (Å²) in [5, 5.41) is 4.32. The van der Waals surface area contributed by atoms with Gasteiger partial charge in [-0.05, 0) is 17.9 Å². The minimum Gasteiger partial charge on any atom is -0.466 e. The van der Waals surface area contributed by atoms with Crippen LogP contribution in [0.4, 0.5) is 0 Å². The zero-order valence-corrected chi connectivity index (χ0v) is 11.6. The van der Waals surface area contributed by atoms with Gasteiger partial charge in [0.2, 0.25) is 0 Å². The second kappa shape index (κ2) is 4.19. The molecule has 21 heavy (non-hydrogen) atoms. The Morgan fingerprint density at radius 3 is 2.57 bits per heavy atom. The van der Waals surface area contributed by atoms with Gasteiger partial charge in [-0.2, -0.15) is 0 Å². The fourth-order valence-corrected chi connectivity index (χ4v) is 3.31. The Labute approximate surface area is 120 Å². The molecule has 1 aromatic heterocycles. The largest absolute Gasteiger partial charge is 0.466 e. The number of rotatable bonds is 1. The summed E-state index contributed by atoms with van der Waals surface area (Å²) in [6.45, 7) is 0.531. The molecule has 0 bridgehead atoms. The summed E-state index contributed by atoms with van der Waals surface area (Å²) in [7, 11) is 1.37. The van der Waals surface area contributed by atoms with Crippen molar-refractivity contribution in [3.8, 4) is 0 Å². The second-order valence-electron chi connectivity index (χ2n) is 5.23. The number of nitrogens with zero attached hydrogens (tertiary/aromatic N) is 1. The van der Waals surface area contributed by atoms with Crippen molar-refractivity contribution in [1.29, 1.82) is 0 Å². The van der Waals surface area contributed by atoms with Crippen LogP contribution in [0.2, 0.25) is 0 Å². The Kier molecular flexibility index (Phi) is 2.42. The van der Waals surface area contributed by atoms with E-state index in [1.54, 1.807) is 4.57 Å². The Balaban J connectivity index is 2.35. The highest BCUT2D eigenvalue weighted by atomic mass is 16.5. The van der Waals surface area contributed by atoms with Crippen LogP contribution in [0, 0.1) is 0 Å². The molecule has 2 heterocycles. The lowest BCUT2D eigenvalue weighted by atomic mass is 10.0. The van der Waals surface area contributed by atoms with Gasteiger partial charge in [0.15, 0.2) is 0 Å². The molecule has 0 atom stereocenters. The molecule has 1 aliphatic rings. The van der Waals surface area contributed by atoms with Crippen LogP contribution in [0.5, 0.6) is 0 Å². The molecule has 104 valence electrons. The highest BCUT2D eigenvalue weighted by Crippen LogP contribution is 2.24. The minimum absolute atomic E-state index is 0.0341. The maximum atomic E-state index is 12.7. The van der Waals surface area contributed by atoms with Gasteiger partial charge in [-0.15, -0.1) is 0 Å². The highest BCUT2D eigenvalue weighted by Gasteiger charge is 2.23. The Hall–Kier alpha value is -2.62. The summed E-state index contributed by atoms with van der Waals surface area (Å²) in [6, 6.07) is 11.6. The lowest BCUT2D eigenvalue weighted by Gasteiger charge is -2.09. The first-order valence-corrected chi connectivity index (χ1v) is 6.88. The lowest BCUT2D eigenvalue weighted by molar-refractivity contribution is -0.134. The van der Waals surface area contributed by atoms with Gasteiger partial charge in [0.05, 0.1) is 18.0 Å². The van der Waals surface area contributed by atoms with Gasteiger partial charge in [-0.25, -0.2) is 4.79 Å². The van der Waals surface area contributed by atoms with E-state index in [-0.39, 0.29) is 11.5 Å². The van der Waals surface area contributed by atoms with Crippen LogP contribution in [0.1, 0.15) is 6.42 Å². The fraction of sp³-hybridized carbons (Fsp3) is 0.176. The molecule has 0 spiro atoms. The number of methoxy groups -OCH3 is 1. The number of hydrogen-bond acceptors (Lipinski definition) is 3. The third kappa shape index (κ3) is 1.50. The summed E-state index contributed by atoms with van der Waals surface area (Å²) in [5.74, 6) is -0.350. The van der Waals surface area contributed by atoms with Crippen LogP contribution >= 0.6 is 0 Å². The maximum Gasteiger partial charge on any atom is 0.335 e. The number of hydrogen-bond donors (Lipinski definition) is 0. The van der Waals surface area contributed by atoms with Crippen molar-refractivity contribution in [2.24, 2.45) is 0 Å². The Morgan fingerprint density at radius 1 is 1.14 bits per heavy atom.